The summed E-state index contributed by atoms with van der Waals surface area (Å²) >= 11 is 0. The van der Waals surface area contributed by atoms with Gasteiger partial charge in [-0.25, -0.2) is 0 Å². The average molecular weight is 310 g/mol. The molecule has 0 aromatic heterocycles. The SMILES string of the molecule is CC1(C)O[C@]2(c3ccccc3)O[C@@]1(c1ccccc1)OC2(C)C. The van der Waals surface area contributed by atoms with Crippen LogP contribution in [0.3, 0.4) is 0 Å². The first-order chi connectivity index (χ1) is 10.8. The first-order valence-corrected chi connectivity index (χ1v) is 8.05. The summed E-state index contributed by atoms with van der Waals surface area (Å²) in [5.41, 5.74) is 0.737. The van der Waals surface area contributed by atoms with Gasteiger partial charge in [0, 0.05) is 11.1 Å². The third-order valence-corrected chi connectivity index (χ3v) is 4.98. The third kappa shape index (κ3) is 1.76. The maximum absolute atomic E-state index is 6.61. The number of benzene rings is 2. The Morgan fingerprint density at radius 3 is 1.22 bits per heavy atom. The summed E-state index contributed by atoms with van der Waals surface area (Å²) in [6.07, 6.45) is 0. The van der Waals surface area contributed by atoms with E-state index in [0.717, 1.165) is 11.1 Å². The van der Waals surface area contributed by atoms with Gasteiger partial charge in [-0.2, -0.15) is 0 Å². The van der Waals surface area contributed by atoms with Gasteiger partial charge in [0.25, 0.3) is 0 Å². The van der Waals surface area contributed by atoms with Crippen LogP contribution in [0.15, 0.2) is 60.7 Å². The summed E-state index contributed by atoms with van der Waals surface area (Å²) in [7, 11) is 0. The van der Waals surface area contributed by atoms with Gasteiger partial charge < -0.3 is 14.2 Å². The van der Waals surface area contributed by atoms with Crippen LogP contribution in [0.1, 0.15) is 38.8 Å². The zero-order valence-corrected chi connectivity index (χ0v) is 14.0. The fourth-order valence-corrected chi connectivity index (χ4v) is 3.83. The van der Waals surface area contributed by atoms with Crippen molar-refractivity contribution in [3.05, 3.63) is 71.8 Å². The van der Waals surface area contributed by atoms with E-state index < -0.39 is 22.8 Å². The van der Waals surface area contributed by atoms with E-state index in [9.17, 15) is 0 Å². The van der Waals surface area contributed by atoms with E-state index in [1.165, 1.54) is 0 Å². The molecular weight excluding hydrogens is 288 g/mol. The van der Waals surface area contributed by atoms with Crippen molar-refractivity contribution >= 4 is 0 Å². The highest BCUT2D eigenvalue weighted by Crippen LogP contribution is 2.66. The molecule has 2 aromatic carbocycles. The van der Waals surface area contributed by atoms with Gasteiger partial charge in [-0.3, -0.25) is 0 Å². The van der Waals surface area contributed by atoms with Crippen LogP contribution in [0.2, 0.25) is 0 Å². The van der Waals surface area contributed by atoms with Crippen LogP contribution in [0.4, 0.5) is 0 Å². The molecule has 2 heterocycles. The highest BCUT2D eigenvalue weighted by molar-refractivity contribution is 5.34. The Morgan fingerprint density at radius 1 is 0.522 bits per heavy atom. The largest absolute Gasteiger partial charge is 0.331 e. The smallest absolute Gasteiger partial charge is 0.228 e. The van der Waals surface area contributed by atoms with Gasteiger partial charge in [-0.15, -0.1) is 0 Å². The Labute approximate surface area is 137 Å². The normalized spacial score (nSPS) is 33.7. The summed E-state index contributed by atoms with van der Waals surface area (Å²) < 4.78 is 19.7. The number of hydrogen-bond acceptors (Lipinski definition) is 3. The molecule has 3 heteroatoms. The quantitative estimate of drug-likeness (QED) is 0.826. The molecule has 3 nitrogen and oxygen atoms in total. The molecule has 4 rings (SSSR count). The van der Waals surface area contributed by atoms with Gasteiger partial charge >= 0.3 is 0 Å². The molecule has 0 N–H and O–H groups in total. The molecule has 23 heavy (non-hydrogen) atoms. The molecule has 120 valence electrons. The third-order valence-electron chi connectivity index (χ3n) is 4.98. The Morgan fingerprint density at radius 2 is 0.870 bits per heavy atom. The van der Waals surface area contributed by atoms with E-state index >= 15 is 0 Å². The minimum atomic E-state index is -0.923. The van der Waals surface area contributed by atoms with Crippen molar-refractivity contribution in [3.63, 3.8) is 0 Å². The molecule has 2 aromatic rings. The van der Waals surface area contributed by atoms with Crippen LogP contribution in [-0.2, 0) is 25.8 Å². The van der Waals surface area contributed by atoms with E-state index in [4.69, 9.17) is 14.2 Å². The van der Waals surface area contributed by atoms with Crippen molar-refractivity contribution in [3.8, 4) is 0 Å². The lowest BCUT2D eigenvalue weighted by atomic mass is 9.86. The topological polar surface area (TPSA) is 27.7 Å². The second-order valence-electron chi connectivity index (χ2n) is 7.29. The summed E-state index contributed by atoms with van der Waals surface area (Å²) in [6, 6.07) is 20.1. The van der Waals surface area contributed by atoms with Gasteiger partial charge in [0.15, 0.2) is 0 Å². The van der Waals surface area contributed by atoms with Crippen molar-refractivity contribution in [2.24, 2.45) is 0 Å². The van der Waals surface area contributed by atoms with E-state index in [0.29, 0.717) is 0 Å². The Balaban J connectivity index is 1.92. The number of rotatable bonds is 2. The summed E-state index contributed by atoms with van der Waals surface area (Å²) in [4.78, 5) is 0. The lowest BCUT2D eigenvalue weighted by Crippen LogP contribution is -2.56. The second kappa shape index (κ2) is 4.44. The summed E-state index contributed by atoms with van der Waals surface area (Å²) in [5, 5.41) is 0. The molecule has 0 amide bonds. The summed E-state index contributed by atoms with van der Waals surface area (Å²) in [6.45, 7) is 8.11. The van der Waals surface area contributed by atoms with Crippen LogP contribution < -0.4 is 0 Å². The molecule has 0 saturated carbocycles. The Bertz CT molecular complexity index is 660. The lowest BCUT2D eigenvalue weighted by Gasteiger charge is -2.46. The number of hydrogen-bond donors (Lipinski definition) is 0. The maximum atomic E-state index is 6.61. The molecule has 0 unspecified atom stereocenters. The number of ether oxygens (including phenoxy) is 3. The average Bonchev–Trinajstić information content (AvgIpc) is 2.93. The molecule has 0 aliphatic carbocycles. The van der Waals surface area contributed by atoms with Gasteiger partial charge in [-0.05, 0) is 27.7 Å². The molecule has 0 radical (unpaired) electrons. The highest BCUT2D eigenvalue weighted by Gasteiger charge is 2.77. The van der Waals surface area contributed by atoms with Crippen molar-refractivity contribution in [1.29, 1.82) is 0 Å². The van der Waals surface area contributed by atoms with Crippen LogP contribution in [0.5, 0.6) is 0 Å². The van der Waals surface area contributed by atoms with E-state index in [1.54, 1.807) is 0 Å². The molecule has 0 spiro atoms. The van der Waals surface area contributed by atoms with Gasteiger partial charge in [0.2, 0.25) is 11.6 Å². The molecule has 2 aliphatic rings. The van der Waals surface area contributed by atoms with Crippen LogP contribution in [-0.4, -0.2) is 11.2 Å². The zero-order chi connectivity index (χ0) is 16.3. The highest BCUT2D eigenvalue weighted by atomic mass is 16.9. The molecule has 2 atom stereocenters. The minimum absolute atomic E-state index is 0.611. The first kappa shape index (κ1) is 14.9. The van der Waals surface area contributed by atoms with Crippen molar-refractivity contribution in [1.82, 2.24) is 0 Å². The fourth-order valence-electron chi connectivity index (χ4n) is 3.83. The fraction of sp³-hybridized carbons (Fsp3) is 0.400. The van der Waals surface area contributed by atoms with Gasteiger partial charge in [0.05, 0.1) is 0 Å². The summed E-state index contributed by atoms with van der Waals surface area (Å²) in [5.74, 6) is -1.85. The van der Waals surface area contributed by atoms with Crippen LogP contribution in [0.25, 0.3) is 0 Å². The molecule has 2 aliphatic heterocycles. The van der Waals surface area contributed by atoms with Crippen molar-refractivity contribution < 1.29 is 14.2 Å². The monoisotopic (exact) mass is 310 g/mol. The van der Waals surface area contributed by atoms with E-state index in [2.05, 4.69) is 0 Å². The Hall–Kier alpha value is -1.68. The predicted octanol–water partition coefficient (Wildman–Crippen LogP) is 4.33. The van der Waals surface area contributed by atoms with E-state index in [-0.39, 0.29) is 0 Å². The molecule has 2 bridgehead atoms. The predicted molar refractivity (Wildman–Crippen MR) is 87.7 cm³/mol. The molecule has 2 fully saturated rings. The first-order valence-electron chi connectivity index (χ1n) is 8.05. The van der Waals surface area contributed by atoms with Gasteiger partial charge in [0.1, 0.15) is 11.2 Å². The van der Waals surface area contributed by atoms with Crippen LogP contribution in [0, 0.1) is 0 Å². The maximum Gasteiger partial charge on any atom is 0.228 e. The lowest BCUT2D eigenvalue weighted by molar-refractivity contribution is -0.298. The van der Waals surface area contributed by atoms with Crippen molar-refractivity contribution in [2.45, 2.75) is 50.5 Å². The number of fused-ring (bicyclic) bond motifs is 2. The zero-order valence-electron chi connectivity index (χ0n) is 14.0. The van der Waals surface area contributed by atoms with Crippen molar-refractivity contribution in [2.75, 3.05) is 0 Å². The standard InChI is InChI=1S/C20H22O3/c1-17(2)19(15-11-7-5-8-12-15)22-18(3,4)20(21-17,23-19)16-13-9-6-10-14-16/h5-14H,1-4H3/t19-,20-/m1/s1. The van der Waals surface area contributed by atoms with Crippen LogP contribution >= 0.6 is 0 Å². The minimum Gasteiger partial charge on any atom is -0.331 e. The molecular formula is C20H22O3. The van der Waals surface area contributed by atoms with E-state index in [1.807, 2.05) is 88.4 Å². The Kier molecular flexibility index (Phi) is 2.87. The molecule has 2 saturated heterocycles. The van der Waals surface area contributed by atoms with Gasteiger partial charge in [-0.1, -0.05) is 60.7 Å². The second-order valence-corrected chi connectivity index (χ2v) is 7.29.